The molecule has 6 heteroatoms. The Morgan fingerprint density at radius 1 is 1.35 bits per heavy atom. The van der Waals surface area contributed by atoms with Gasteiger partial charge >= 0.3 is 0 Å². The van der Waals surface area contributed by atoms with Crippen molar-refractivity contribution in [2.75, 3.05) is 6.61 Å². The quantitative estimate of drug-likeness (QED) is 0.308. The van der Waals surface area contributed by atoms with Crippen molar-refractivity contribution >= 4 is 11.7 Å². The smallest absolute Gasteiger partial charge is 0.220 e. The fourth-order valence-corrected chi connectivity index (χ4v) is 3.19. The SMILES string of the molecule is NC(=NO)C1(NC(=O)CCC2CCCO2)CCCCC1. The first-order valence-electron chi connectivity index (χ1n) is 7.57. The van der Waals surface area contributed by atoms with Crippen LogP contribution in [-0.4, -0.2) is 35.2 Å². The lowest BCUT2D eigenvalue weighted by Crippen LogP contribution is -2.58. The molecule has 0 bridgehead atoms. The van der Waals surface area contributed by atoms with Crippen LogP contribution in [0.4, 0.5) is 0 Å². The highest BCUT2D eigenvalue weighted by atomic mass is 16.5. The molecule has 0 aromatic carbocycles. The van der Waals surface area contributed by atoms with E-state index in [-0.39, 0.29) is 17.8 Å². The number of amides is 1. The van der Waals surface area contributed by atoms with E-state index >= 15 is 0 Å². The number of oxime groups is 1. The average Bonchev–Trinajstić information content (AvgIpc) is 2.98. The Balaban J connectivity index is 1.88. The predicted molar refractivity (Wildman–Crippen MR) is 75.6 cm³/mol. The summed E-state index contributed by atoms with van der Waals surface area (Å²) in [5.74, 6) is 0.0941. The molecule has 1 amide bonds. The molecule has 0 aromatic rings. The van der Waals surface area contributed by atoms with Gasteiger partial charge in [-0.3, -0.25) is 4.79 Å². The highest BCUT2D eigenvalue weighted by Gasteiger charge is 2.38. The molecule has 1 aliphatic heterocycles. The first-order valence-corrected chi connectivity index (χ1v) is 7.57. The normalized spacial score (nSPS) is 26.4. The summed E-state index contributed by atoms with van der Waals surface area (Å²) in [7, 11) is 0. The first kappa shape index (κ1) is 15.1. The lowest BCUT2D eigenvalue weighted by Gasteiger charge is -2.36. The number of ether oxygens (including phenoxy) is 1. The molecular formula is C14H25N3O3. The van der Waals surface area contributed by atoms with E-state index in [0.29, 0.717) is 6.42 Å². The molecule has 20 heavy (non-hydrogen) atoms. The third-order valence-electron chi connectivity index (χ3n) is 4.40. The van der Waals surface area contributed by atoms with Crippen LogP contribution in [-0.2, 0) is 9.53 Å². The Morgan fingerprint density at radius 2 is 2.10 bits per heavy atom. The van der Waals surface area contributed by atoms with Crippen molar-refractivity contribution in [3.05, 3.63) is 0 Å². The average molecular weight is 283 g/mol. The van der Waals surface area contributed by atoms with Crippen molar-refractivity contribution in [3.8, 4) is 0 Å². The van der Waals surface area contributed by atoms with Crippen LogP contribution in [0.25, 0.3) is 0 Å². The number of amidine groups is 1. The second-order valence-electron chi connectivity index (χ2n) is 5.85. The van der Waals surface area contributed by atoms with Crippen molar-refractivity contribution < 1.29 is 14.7 Å². The number of nitrogens with one attached hydrogen (secondary N) is 1. The number of carbonyl (C=O) groups excluding carboxylic acids is 1. The molecule has 4 N–H and O–H groups in total. The molecule has 2 aliphatic rings. The lowest BCUT2D eigenvalue weighted by molar-refractivity contribution is -0.123. The van der Waals surface area contributed by atoms with Crippen LogP contribution >= 0.6 is 0 Å². The van der Waals surface area contributed by atoms with Crippen LogP contribution in [0.1, 0.15) is 57.8 Å². The summed E-state index contributed by atoms with van der Waals surface area (Å²) in [4.78, 5) is 12.1. The summed E-state index contributed by atoms with van der Waals surface area (Å²) in [5.41, 5.74) is 5.16. The van der Waals surface area contributed by atoms with E-state index in [1.54, 1.807) is 0 Å². The standard InChI is InChI=1S/C14H25N3O3/c15-13(17-19)14(8-2-1-3-9-14)16-12(18)7-6-11-5-4-10-20-11/h11,19H,1-10H2,(H2,15,17)(H,16,18). The topological polar surface area (TPSA) is 96.9 Å². The maximum absolute atomic E-state index is 12.1. The number of carbonyl (C=O) groups is 1. The highest BCUT2D eigenvalue weighted by Crippen LogP contribution is 2.29. The van der Waals surface area contributed by atoms with Crippen molar-refractivity contribution in [2.24, 2.45) is 10.9 Å². The van der Waals surface area contributed by atoms with E-state index in [2.05, 4.69) is 10.5 Å². The minimum absolute atomic E-state index is 0.0333. The molecule has 2 fully saturated rings. The Hall–Kier alpha value is -1.30. The van der Waals surface area contributed by atoms with Crippen LogP contribution in [0.3, 0.4) is 0 Å². The maximum Gasteiger partial charge on any atom is 0.220 e. The molecule has 0 spiro atoms. The summed E-state index contributed by atoms with van der Waals surface area (Å²) < 4.78 is 5.52. The number of hydrogen-bond donors (Lipinski definition) is 3. The van der Waals surface area contributed by atoms with Crippen LogP contribution in [0.2, 0.25) is 0 Å². The van der Waals surface area contributed by atoms with E-state index in [4.69, 9.17) is 15.7 Å². The zero-order valence-electron chi connectivity index (χ0n) is 11.9. The van der Waals surface area contributed by atoms with Gasteiger partial charge in [-0.15, -0.1) is 0 Å². The second-order valence-corrected chi connectivity index (χ2v) is 5.85. The third kappa shape index (κ3) is 3.62. The van der Waals surface area contributed by atoms with Gasteiger partial charge in [-0.1, -0.05) is 24.4 Å². The van der Waals surface area contributed by atoms with Crippen LogP contribution in [0.15, 0.2) is 5.16 Å². The molecule has 1 heterocycles. The van der Waals surface area contributed by atoms with Gasteiger partial charge in [0.1, 0.15) is 5.54 Å². The van der Waals surface area contributed by atoms with E-state index in [1.807, 2.05) is 0 Å². The van der Waals surface area contributed by atoms with Gasteiger partial charge in [0.2, 0.25) is 5.91 Å². The number of nitrogens with zero attached hydrogens (tertiary/aromatic N) is 1. The maximum atomic E-state index is 12.1. The second kappa shape index (κ2) is 6.92. The minimum Gasteiger partial charge on any atom is -0.409 e. The van der Waals surface area contributed by atoms with Gasteiger partial charge in [0.25, 0.3) is 0 Å². The molecule has 1 saturated carbocycles. The van der Waals surface area contributed by atoms with Gasteiger partial charge in [-0.2, -0.15) is 0 Å². The van der Waals surface area contributed by atoms with Crippen LogP contribution < -0.4 is 11.1 Å². The van der Waals surface area contributed by atoms with Gasteiger partial charge in [0.05, 0.1) is 6.10 Å². The van der Waals surface area contributed by atoms with E-state index in [9.17, 15) is 4.79 Å². The number of rotatable bonds is 5. The van der Waals surface area contributed by atoms with Crippen LogP contribution in [0, 0.1) is 0 Å². The molecule has 114 valence electrons. The fraction of sp³-hybridized carbons (Fsp3) is 0.857. The molecule has 1 unspecified atom stereocenters. The van der Waals surface area contributed by atoms with E-state index < -0.39 is 5.54 Å². The minimum atomic E-state index is -0.652. The summed E-state index contributed by atoms with van der Waals surface area (Å²) in [6, 6.07) is 0. The molecule has 1 saturated heterocycles. The molecule has 0 radical (unpaired) electrons. The summed E-state index contributed by atoms with van der Waals surface area (Å²) in [6.07, 6.45) is 8.12. The molecular weight excluding hydrogens is 258 g/mol. The van der Waals surface area contributed by atoms with Crippen molar-refractivity contribution in [1.82, 2.24) is 5.32 Å². The summed E-state index contributed by atoms with van der Waals surface area (Å²) >= 11 is 0. The Bertz CT molecular complexity index is 359. The fourth-order valence-electron chi connectivity index (χ4n) is 3.19. The van der Waals surface area contributed by atoms with Crippen molar-refractivity contribution in [1.29, 1.82) is 0 Å². The van der Waals surface area contributed by atoms with Crippen molar-refractivity contribution in [2.45, 2.75) is 69.4 Å². The molecule has 1 atom stereocenters. The summed E-state index contributed by atoms with van der Waals surface area (Å²) in [6.45, 7) is 0.806. The predicted octanol–water partition coefficient (Wildman–Crippen LogP) is 1.51. The monoisotopic (exact) mass is 283 g/mol. The molecule has 0 aromatic heterocycles. The zero-order valence-corrected chi connectivity index (χ0v) is 11.9. The van der Waals surface area contributed by atoms with Crippen molar-refractivity contribution in [3.63, 3.8) is 0 Å². The third-order valence-corrected chi connectivity index (χ3v) is 4.40. The van der Waals surface area contributed by atoms with Gasteiger partial charge in [0, 0.05) is 13.0 Å². The van der Waals surface area contributed by atoms with Gasteiger partial charge in [-0.05, 0) is 32.1 Å². The Morgan fingerprint density at radius 3 is 2.70 bits per heavy atom. The molecule has 6 nitrogen and oxygen atoms in total. The van der Waals surface area contributed by atoms with Gasteiger partial charge in [0.15, 0.2) is 5.84 Å². The number of hydrogen-bond acceptors (Lipinski definition) is 4. The zero-order chi connectivity index (χ0) is 14.4. The van der Waals surface area contributed by atoms with E-state index in [1.165, 1.54) is 0 Å². The lowest BCUT2D eigenvalue weighted by atomic mass is 9.80. The van der Waals surface area contributed by atoms with Gasteiger partial charge in [-0.25, -0.2) is 0 Å². The largest absolute Gasteiger partial charge is 0.409 e. The number of nitrogens with two attached hydrogens (primary N) is 1. The Kier molecular flexibility index (Phi) is 5.23. The first-order chi connectivity index (χ1) is 9.66. The van der Waals surface area contributed by atoms with Crippen LogP contribution in [0.5, 0.6) is 0 Å². The molecule has 2 rings (SSSR count). The Labute approximate surface area is 119 Å². The molecule has 1 aliphatic carbocycles. The highest BCUT2D eigenvalue weighted by molar-refractivity contribution is 5.94. The van der Waals surface area contributed by atoms with Gasteiger partial charge < -0.3 is 21.0 Å². The summed E-state index contributed by atoms with van der Waals surface area (Å²) in [5, 5.41) is 15.1. The van der Waals surface area contributed by atoms with E-state index in [0.717, 1.165) is 58.0 Å².